The van der Waals surface area contributed by atoms with Gasteiger partial charge in [-0.05, 0) is 13.3 Å². The molecule has 0 aliphatic rings. The van der Waals surface area contributed by atoms with Gasteiger partial charge in [0.2, 0.25) is 5.91 Å². The third-order valence-corrected chi connectivity index (χ3v) is 2.14. The lowest BCUT2D eigenvalue weighted by Crippen LogP contribution is -2.26. The Hall–Kier alpha value is -1.52. The first-order valence-corrected chi connectivity index (χ1v) is 5.66. The van der Waals surface area contributed by atoms with Crippen LogP contribution in [0.5, 0.6) is 0 Å². The maximum Gasteiger partial charge on any atom is 0.221 e. The van der Waals surface area contributed by atoms with Gasteiger partial charge in [0.1, 0.15) is 5.76 Å². The number of rotatable bonds is 7. The largest absolute Gasteiger partial charge is 0.367 e. The highest BCUT2D eigenvalue weighted by atomic mass is 16.5. The summed E-state index contributed by atoms with van der Waals surface area (Å²) >= 11 is 0. The van der Waals surface area contributed by atoms with Gasteiger partial charge >= 0.3 is 0 Å². The molecule has 1 heterocycles. The van der Waals surface area contributed by atoms with Crippen LogP contribution in [0.3, 0.4) is 0 Å². The van der Waals surface area contributed by atoms with Gasteiger partial charge < -0.3 is 15.2 Å². The summed E-state index contributed by atoms with van der Waals surface area (Å²) < 4.78 is 4.89. The lowest BCUT2D eigenvalue weighted by atomic mass is 10.3. The average molecular weight is 225 g/mol. The van der Waals surface area contributed by atoms with Crippen LogP contribution in [0.15, 0.2) is 10.6 Å². The van der Waals surface area contributed by atoms with Gasteiger partial charge in [0.05, 0.1) is 0 Å². The van der Waals surface area contributed by atoms with E-state index < -0.39 is 0 Å². The molecule has 0 fully saturated rings. The summed E-state index contributed by atoms with van der Waals surface area (Å²) in [5.74, 6) is 1.51. The molecule has 0 spiro atoms. The van der Waals surface area contributed by atoms with Crippen molar-refractivity contribution < 1.29 is 9.32 Å². The molecule has 5 nitrogen and oxygen atoms in total. The molecule has 1 aromatic rings. The van der Waals surface area contributed by atoms with Crippen molar-refractivity contribution in [2.24, 2.45) is 0 Å². The van der Waals surface area contributed by atoms with E-state index in [0.717, 1.165) is 25.1 Å². The van der Waals surface area contributed by atoms with Crippen molar-refractivity contribution in [2.45, 2.75) is 33.1 Å². The quantitative estimate of drug-likeness (QED) is 0.693. The Kier molecular flexibility index (Phi) is 5.39. The Bertz CT molecular complexity index is 323. The van der Waals surface area contributed by atoms with Crippen molar-refractivity contribution in [3.05, 3.63) is 11.8 Å². The molecule has 1 aromatic heterocycles. The zero-order valence-electron chi connectivity index (χ0n) is 9.88. The summed E-state index contributed by atoms with van der Waals surface area (Å²) in [6, 6.07) is 1.80. The van der Waals surface area contributed by atoms with Crippen molar-refractivity contribution in [1.82, 2.24) is 10.5 Å². The highest BCUT2D eigenvalue weighted by Crippen LogP contribution is 2.06. The van der Waals surface area contributed by atoms with Crippen molar-refractivity contribution in [2.75, 3.05) is 18.4 Å². The minimum atomic E-state index is 0.0705. The Morgan fingerprint density at radius 1 is 1.50 bits per heavy atom. The Balaban J connectivity index is 2.08. The van der Waals surface area contributed by atoms with Gasteiger partial charge in [0, 0.05) is 25.6 Å². The van der Waals surface area contributed by atoms with E-state index in [0.29, 0.717) is 18.8 Å². The minimum Gasteiger partial charge on any atom is -0.367 e. The number of anilines is 1. The second-order valence-electron chi connectivity index (χ2n) is 3.70. The van der Waals surface area contributed by atoms with Gasteiger partial charge in [-0.15, -0.1) is 0 Å². The zero-order chi connectivity index (χ0) is 11.8. The Morgan fingerprint density at radius 3 is 2.94 bits per heavy atom. The number of carbonyl (C=O) groups excluding carboxylic acids is 1. The van der Waals surface area contributed by atoms with Crippen LogP contribution in [-0.4, -0.2) is 24.2 Å². The molecule has 0 aliphatic carbocycles. The molecule has 1 amide bonds. The lowest BCUT2D eigenvalue weighted by Gasteiger charge is -2.04. The van der Waals surface area contributed by atoms with Crippen LogP contribution in [-0.2, 0) is 4.79 Å². The van der Waals surface area contributed by atoms with Crippen LogP contribution in [0.4, 0.5) is 5.82 Å². The van der Waals surface area contributed by atoms with E-state index in [1.54, 1.807) is 6.07 Å². The highest BCUT2D eigenvalue weighted by Gasteiger charge is 2.02. The van der Waals surface area contributed by atoms with Crippen molar-refractivity contribution in [3.8, 4) is 0 Å². The summed E-state index contributed by atoms with van der Waals surface area (Å²) in [5, 5.41) is 9.64. The number of aryl methyl sites for hydroxylation is 1. The lowest BCUT2D eigenvalue weighted by molar-refractivity contribution is -0.120. The average Bonchev–Trinajstić information content (AvgIpc) is 2.65. The van der Waals surface area contributed by atoms with Gasteiger partial charge in [0.15, 0.2) is 5.82 Å². The third-order valence-electron chi connectivity index (χ3n) is 2.14. The molecule has 5 heteroatoms. The molecule has 90 valence electrons. The first-order chi connectivity index (χ1) is 7.72. The number of nitrogens with zero attached hydrogens (tertiary/aromatic N) is 1. The molecular weight excluding hydrogens is 206 g/mol. The topological polar surface area (TPSA) is 67.2 Å². The van der Waals surface area contributed by atoms with Crippen molar-refractivity contribution in [1.29, 1.82) is 0 Å². The van der Waals surface area contributed by atoms with Gasteiger partial charge in [0.25, 0.3) is 0 Å². The summed E-state index contributed by atoms with van der Waals surface area (Å²) in [6.45, 7) is 5.26. The molecule has 1 rings (SSSR count). The molecule has 0 saturated carbocycles. The maximum atomic E-state index is 11.3. The molecule has 0 unspecified atom stereocenters. The molecule has 0 bridgehead atoms. The summed E-state index contributed by atoms with van der Waals surface area (Å²) in [4.78, 5) is 11.3. The fourth-order valence-corrected chi connectivity index (χ4v) is 1.25. The van der Waals surface area contributed by atoms with E-state index in [1.807, 2.05) is 6.92 Å². The van der Waals surface area contributed by atoms with Crippen LogP contribution in [0.1, 0.15) is 31.9 Å². The third kappa shape index (κ3) is 4.82. The van der Waals surface area contributed by atoms with E-state index >= 15 is 0 Å². The monoisotopic (exact) mass is 225 g/mol. The fourth-order valence-electron chi connectivity index (χ4n) is 1.25. The van der Waals surface area contributed by atoms with Crippen LogP contribution in [0, 0.1) is 6.92 Å². The van der Waals surface area contributed by atoms with Crippen LogP contribution < -0.4 is 10.6 Å². The smallest absolute Gasteiger partial charge is 0.221 e. The number of hydrogen-bond acceptors (Lipinski definition) is 4. The molecule has 2 N–H and O–H groups in total. The highest BCUT2D eigenvalue weighted by molar-refractivity contribution is 5.76. The minimum absolute atomic E-state index is 0.0705. The molecule has 16 heavy (non-hydrogen) atoms. The zero-order valence-corrected chi connectivity index (χ0v) is 9.88. The second-order valence-corrected chi connectivity index (χ2v) is 3.70. The number of amides is 1. The molecule has 0 atom stereocenters. The van der Waals surface area contributed by atoms with Crippen LogP contribution in [0.2, 0.25) is 0 Å². The Morgan fingerprint density at radius 2 is 2.31 bits per heavy atom. The summed E-state index contributed by atoms with van der Waals surface area (Å²) in [7, 11) is 0. The predicted molar refractivity (Wildman–Crippen MR) is 62.3 cm³/mol. The summed E-state index contributed by atoms with van der Waals surface area (Å²) in [5.41, 5.74) is 0. The van der Waals surface area contributed by atoms with Gasteiger partial charge in [-0.1, -0.05) is 18.5 Å². The number of unbranched alkanes of at least 4 members (excludes halogenated alkanes) is 1. The number of carbonyl (C=O) groups is 1. The van der Waals surface area contributed by atoms with E-state index in [-0.39, 0.29) is 5.91 Å². The Labute approximate surface area is 95.6 Å². The normalized spacial score (nSPS) is 10.1. The molecular formula is C11H19N3O2. The molecule has 0 aromatic carbocycles. The van der Waals surface area contributed by atoms with E-state index in [2.05, 4.69) is 22.7 Å². The van der Waals surface area contributed by atoms with Crippen LogP contribution in [0.25, 0.3) is 0 Å². The standard InChI is InChI=1S/C11H19N3O2/c1-3-4-6-13-11(15)5-7-12-10-8-9(2)16-14-10/h8H,3-7H2,1-2H3,(H,12,14)(H,13,15). The number of nitrogens with one attached hydrogen (secondary N) is 2. The molecule has 0 radical (unpaired) electrons. The number of hydrogen-bond donors (Lipinski definition) is 2. The van der Waals surface area contributed by atoms with Gasteiger partial charge in [-0.3, -0.25) is 4.79 Å². The SMILES string of the molecule is CCCCNC(=O)CCNc1cc(C)on1. The van der Waals surface area contributed by atoms with E-state index in [4.69, 9.17) is 4.52 Å². The van der Waals surface area contributed by atoms with Crippen LogP contribution >= 0.6 is 0 Å². The maximum absolute atomic E-state index is 11.3. The van der Waals surface area contributed by atoms with E-state index in [9.17, 15) is 4.79 Å². The number of aromatic nitrogens is 1. The predicted octanol–water partition coefficient (Wildman–Crippen LogP) is 1.70. The van der Waals surface area contributed by atoms with Gasteiger partial charge in [-0.25, -0.2) is 0 Å². The first kappa shape index (κ1) is 12.5. The fraction of sp³-hybridized carbons (Fsp3) is 0.636. The first-order valence-electron chi connectivity index (χ1n) is 5.66. The van der Waals surface area contributed by atoms with Crippen molar-refractivity contribution >= 4 is 11.7 Å². The molecule has 0 aliphatic heterocycles. The van der Waals surface area contributed by atoms with E-state index in [1.165, 1.54) is 0 Å². The van der Waals surface area contributed by atoms with Crippen molar-refractivity contribution in [3.63, 3.8) is 0 Å². The molecule has 0 saturated heterocycles. The van der Waals surface area contributed by atoms with Gasteiger partial charge in [-0.2, -0.15) is 0 Å². The second kappa shape index (κ2) is 6.87. The summed E-state index contributed by atoms with van der Waals surface area (Å²) in [6.07, 6.45) is 2.58.